The quantitative estimate of drug-likeness (QED) is 0.421. The third-order valence-corrected chi connectivity index (χ3v) is 7.63. The molecule has 0 saturated carbocycles. The van der Waals surface area contributed by atoms with Crippen LogP contribution in [-0.2, 0) is 35.5 Å². The molecule has 2 N–H and O–H groups in total. The van der Waals surface area contributed by atoms with E-state index in [9.17, 15) is 15.0 Å². The van der Waals surface area contributed by atoms with Gasteiger partial charge < -0.3 is 24.6 Å². The van der Waals surface area contributed by atoms with Crippen LogP contribution in [0.25, 0.3) is 0 Å². The van der Waals surface area contributed by atoms with Gasteiger partial charge in [0.05, 0.1) is 25.2 Å². The molecule has 0 aromatic heterocycles. The minimum absolute atomic E-state index is 0.0982. The number of esters is 1. The predicted octanol–water partition coefficient (Wildman–Crippen LogP) is 5.35. The third-order valence-electron chi connectivity index (χ3n) is 7.63. The molecule has 202 valence electrons. The van der Waals surface area contributed by atoms with Crippen LogP contribution in [0.15, 0.2) is 24.3 Å². The van der Waals surface area contributed by atoms with Crippen molar-refractivity contribution in [3.63, 3.8) is 0 Å². The summed E-state index contributed by atoms with van der Waals surface area (Å²) in [6.07, 6.45) is 0.385. The number of anilines is 1. The molecule has 0 fully saturated rings. The summed E-state index contributed by atoms with van der Waals surface area (Å²) in [6, 6.07) is 8.66. The number of hydrogen-bond acceptors (Lipinski definition) is 6. The fraction of sp³-hybridized carbons (Fsp3) is 0.581. The molecule has 2 aromatic carbocycles. The van der Waals surface area contributed by atoms with Crippen LogP contribution in [0.1, 0.15) is 93.2 Å². The number of rotatable bonds is 10. The number of carbonyl (C=O) groups excluding carboxylic acids is 1. The van der Waals surface area contributed by atoms with Gasteiger partial charge in [0.1, 0.15) is 11.4 Å². The number of fused-ring (bicyclic) bond motifs is 2. The highest BCUT2D eigenvalue weighted by Gasteiger charge is 2.38. The van der Waals surface area contributed by atoms with Gasteiger partial charge in [0, 0.05) is 36.3 Å². The first-order valence-corrected chi connectivity index (χ1v) is 13.7. The van der Waals surface area contributed by atoms with E-state index in [4.69, 9.17) is 9.47 Å². The second kappa shape index (κ2) is 11.0. The second-order valence-electron chi connectivity index (χ2n) is 11.6. The van der Waals surface area contributed by atoms with E-state index < -0.39 is 18.2 Å². The number of ether oxygens (including phenoxy) is 2. The Morgan fingerprint density at radius 1 is 1.14 bits per heavy atom. The molecule has 6 heteroatoms. The Morgan fingerprint density at radius 3 is 2.38 bits per heavy atom. The highest BCUT2D eigenvalue weighted by atomic mass is 16.5. The lowest BCUT2D eigenvalue weighted by atomic mass is 9.84. The molecule has 0 saturated heterocycles. The van der Waals surface area contributed by atoms with E-state index in [1.807, 2.05) is 0 Å². The fourth-order valence-electron chi connectivity index (χ4n) is 6.04. The topological polar surface area (TPSA) is 79.2 Å². The van der Waals surface area contributed by atoms with Gasteiger partial charge in [-0.25, -0.2) is 0 Å². The van der Waals surface area contributed by atoms with Crippen LogP contribution in [-0.4, -0.2) is 40.6 Å². The molecule has 4 rings (SSSR count). The van der Waals surface area contributed by atoms with Crippen molar-refractivity contribution in [1.82, 2.24) is 0 Å². The maximum absolute atomic E-state index is 11.7. The number of carbonyl (C=O) groups is 1. The second-order valence-corrected chi connectivity index (χ2v) is 11.6. The number of hydrogen-bond donors (Lipinski definition) is 2. The Kier molecular flexibility index (Phi) is 8.20. The summed E-state index contributed by atoms with van der Waals surface area (Å²) >= 11 is 0. The molecule has 0 radical (unpaired) electrons. The molecule has 2 aliphatic heterocycles. The standard InChI is InChI=1S/C31H43NO5/c1-7-36-27(35)15-24(34)14-23(33)12-13-25-28(19(2)3)29(20(4)26-16-31(5,6)37-30(25)26)32-17-21-10-8-9-11-22(21)18-32/h8-11,19,23-24,33-34H,7,12-18H2,1-6H3. The molecule has 0 bridgehead atoms. The van der Waals surface area contributed by atoms with Gasteiger partial charge in [0.2, 0.25) is 0 Å². The number of aliphatic hydroxyl groups excluding tert-OH is 2. The molecule has 0 aliphatic carbocycles. The lowest BCUT2D eigenvalue weighted by Crippen LogP contribution is -2.25. The zero-order valence-corrected chi connectivity index (χ0v) is 23.3. The fourth-order valence-corrected chi connectivity index (χ4v) is 6.04. The van der Waals surface area contributed by atoms with Gasteiger partial charge in [0.25, 0.3) is 0 Å². The predicted molar refractivity (Wildman–Crippen MR) is 146 cm³/mol. The molecule has 6 nitrogen and oxygen atoms in total. The number of nitrogens with zero attached hydrogens (tertiary/aromatic N) is 1. The summed E-state index contributed by atoms with van der Waals surface area (Å²) in [5, 5.41) is 21.1. The van der Waals surface area contributed by atoms with Crippen molar-refractivity contribution >= 4 is 11.7 Å². The molecule has 0 spiro atoms. The van der Waals surface area contributed by atoms with Crippen LogP contribution < -0.4 is 9.64 Å². The summed E-state index contributed by atoms with van der Waals surface area (Å²) in [7, 11) is 0. The summed E-state index contributed by atoms with van der Waals surface area (Å²) < 4.78 is 11.5. The Labute approximate surface area is 221 Å². The minimum Gasteiger partial charge on any atom is -0.487 e. The van der Waals surface area contributed by atoms with Gasteiger partial charge in [-0.2, -0.15) is 0 Å². The van der Waals surface area contributed by atoms with E-state index >= 15 is 0 Å². The zero-order valence-electron chi connectivity index (χ0n) is 23.3. The van der Waals surface area contributed by atoms with Crippen LogP contribution in [0, 0.1) is 6.92 Å². The lowest BCUT2D eigenvalue weighted by Gasteiger charge is -2.30. The third kappa shape index (κ3) is 5.96. The first-order valence-electron chi connectivity index (χ1n) is 13.7. The molecule has 0 amide bonds. The van der Waals surface area contributed by atoms with Crippen molar-refractivity contribution in [1.29, 1.82) is 0 Å². The van der Waals surface area contributed by atoms with Gasteiger partial charge in [0.15, 0.2) is 0 Å². The first kappa shape index (κ1) is 27.5. The lowest BCUT2D eigenvalue weighted by molar-refractivity contribution is -0.145. The summed E-state index contributed by atoms with van der Waals surface area (Å²) in [5.74, 6) is 0.815. The number of aliphatic hydroxyl groups is 2. The average molecular weight is 510 g/mol. The smallest absolute Gasteiger partial charge is 0.308 e. The normalized spacial score (nSPS) is 17.4. The Bertz CT molecular complexity index is 1110. The van der Waals surface area contributed by atoms with Crippen LogP contribution in [0.2, 0.25) is 0 Å². The molecule has 2 atom stereocenters. The average Bonchev–Trinajstić information content (AvgIpc) is 3.38. The van der Waals surface area contributed by atoms with Gasteiger partial charge >= 0.3 is 5.97 Å². The highest BCUT2D eigenvalue weighted by molar-refractivity contribution is 5.72. The minimum atomic E-state index is -0.920. The van der Waals surface area contributed by atoms with Crippen molar-refractivity contribution in [3.8, 4) is 5.75 Å². The molecule has 37 heavy (non-hydrogen) atoms. The summed E-state index contributed by atoms with van der Waals surface area (Å²) in [5.41, 5.74) is 8.81. The molecule has 2 aliphatic rings. The van der Waals surface area contributed by atoms with E-state index in [1.54, 1.807) is 6.92 Å². The van der Waals surface area contributed by atoms with Gasteiger partial charge in [-0.1, -0.05) is 38.1 Å². The van der Waals surface area contributed by atoms with Crippen LogP contribution in [0.4, 0.5) is 5.69 Å². The van der Waals surface area contributed by atoms with Crippen molar-refractivity contribution in [2.45, 2.75) is 110 Å². The molecular weight excluding hydrogens is 466 g/mol. The first-order chi connectivity index (χ1) is 17.5. The van der Waals surface area contributed by atoms with E-state index in [0.717, 1.165) is 25.3 Å². The molecule has 2 unspecified atom stereocenters. The zero-order chi connectivity index (χ0) is 26.9. The summed E-state index contributed by atoms with van der Waals surface area (Å²) in [6.45, 7) is 14.8. The van der Waals surface area contributed by atoms with Crippen LogP contribution >= 0.6 is 0 Å². The maximum Gasteiger partial charge on any atom is 0.308 e. The van der Waals surface area contributed by atoms with Crippen LogP contribution in [0.3, 0.4) is 0 Å². The largest absolute Gasteiger partial charge is 0.487 e. The molecule has 2 heterocycles. The van der Waals surface area contributed by atoms with Gasteiger partial charge in [-0.05, 0) is 75.1 Å². The highest BCUT2D eigenvalue weighted by Crippen LogP contribution is 2.49. The van der Waals surface area contributed by atoms with Gasteiger partial charge in [-0.3, -0.25) is 4.79 Å². The van der Waals surface area contributed by atoms with E-state index in [1.165, 1.54) is 39.1 Å². The van der Waals surface area contributed by atoms with Gasteiger partial charge in [-0.15, -0.1) is 0 Å². The Hall–Kier alpha value is -2.57. The van der Waals surface area contributed by atoms with Crippen molar-refractivity contribution in [3.05, 3.63) is 57.6 Å². The maximum atomic E-state index is 11.7. The van der Waals surface area contributed by atoms with Crippen molar-refractivity contribution in [2.75, 3.05) is 11.5 Å². The molecular formula is C31H43NO5. The Balaban J connectivity index is 1.64. The summed E-state index contributed by atoms with van der Waals surface area (Å²) in [4.78, 5) is 14.2. The monoisotopic (exact) mass is 509 g/mol. The van der Waals surface area contributed by atoms with E-state index in [2.05, 4.69) is 63.8 Å². The Morgan fingerprint density at radius 2 is 1.78 bits per heavy atom. The van der Waals surface area contributed by atoms with Crippen molar-refractivity contribution < 1.29 is 24.5 Å². The SMILES string of the molecule is CCOC(=O)CC(O)CC(O)CCc1c2c(c(C)c(N3Cc4ccccc4C3)c1C(C)C)CC(C)(C)O2. The number of benzene rings is 2. The molecule has 2 aromatic rings. The van der Waals surface area contributed by atoms with E-state index in [-0.39, 0.29) is 31.0 Å². The van der Waals surface area contributed by atoms with Crippen LogP contribution in [0.5, 0.6) is 5.75 Å². The van der Waals surface area contributed by atoms with E-state index in [0.29, 0.717) is 12.8 Å². The van der Waals surface area contributed by atoms with Crippen molar-refractivity contribution in [2.24, 2.45) is 0 Å².